The third-order valence-electron chi connectivity index (χ3n) is 2.10. The molecule has 0 aliphatic rings. The van der Waals surface area contributed by atoms with E-state index in [1.807, 2.05) is 6.92 Å². The largest absolute Gasteiger partial charge is 0.384 e. The fraction of sp³-hybridized carbons (Fsp3) is 0.200. The number of halogens is 1. The minimum absolute atomic E-state index is 0.0734. The molecule has 2 heterocycles. The van der Waals surface area contributed by atoms with E-state index >= 15 is 0 Å². The van der Waals surface area contributed by atoms with Crippen molar-refractivity contribution in [2.24, 2.45) is 5.73 Å². The molecule has 3 N–H and O–H groups in total. The first-order chi connectivity index (χ1) is 8.61. The summed E-state index contributed by atoms with van der Waals surface area (Å²) in [5.41, 5.74) is 5.92. The van der Waals surface area contributed by atoms with Crippen LogP contribution in [-0.2, 0) is 6.42 Å². The highest BCUT2D eigenvalue weighted by molar-refractivity contribution is 8.01. The molecular formula is C10H10ClN5S2. The molecule has 2 rings (SSSR count). The molecule has 0 radical (unpaired) electrons. The molecule has 0 fully saturated rings. The monoisotopic (exact) mass is 299 g/mol. The minimum atomic E-state index is -0.0734. The van der Waals surface area contributed by atoms with Crippen molar-refractivity contribution in [2.45, 2.75) is 22.7 Å². The third kappa shape index (κ3) is 2.80. The lowest BCUT2D eigenvalue weighted by Gasteiger charge is -2.04. The van der Waals surface area contributed by atoms with Gasteiger partial charge < -0.3 is 5.73 Å². The second kappa shape index (κ2) is 5.64. The number of aromatic nitrogens is 3. The molecule has 2 aromatic heterocycles. The van der Waals surface area contributed by atoms with Crippen molar-refractivity contribution in [1.29, 1.82) is 5.41 Å². The predicted molar refractivity (Wildman–Crippen MR) is 73.7 cm³/mol. The average molecular weight is 300 g/mol. The molecule has 0 saturated heterocycles. The fourth-order valence-electron chi connectivity index (χ4n) is 1.21. The summed E-state index contributed by atoms with van der Waals surface area (Å²) in [6.07, 6.45) is 2.37. The van der Waals surface area contributed by atoms with Gasteiger partial charge in [0.25, 0.3) is 0 Å². The average Bonchev–Trinajstić information content (AvgIpc) is 2.79. The third-order valence-corrected chi connectivity index (χ3v) is 4.38. The van der Waals surface area contributed by atoms with Gasteiger partial charge in [0, 0.05) is 18.2 Å². The fourth-order valence-corrected chi connectivity index (χ4v) is 3.17. The quantitative estimate of drug-likeness (QED) is 0.669. The molecule has 0 spiro atoms. The predicted octanol–water partition coefficient (Wildman–Crippen LogP) is 2.58. The Balaban J connectivity index is 2.29. The van der Waals surface area contributed by atoms with Crippen molar-refractivity contribution in [1.82, 2.24) is 14.3 Å². The van der Waals surface area contributed by atoms with Gasteiger partial charge in [0.05, 0.1) is 5.02 Å². The van der Waals surface area contributed by atoms with Crippen molar-refractivity contribution in [2.75, 3.05) is 0 Å². The Bertz CT molecular complexity index is 583. The number of aryl methyl sites for hydroxylation is 1. The maximum Gasteiger partial charge on any atom is 0.176 e. The maximum absolute atomic E-state index is 7.42. The number of rotatable bonds is 4. The van der Waals surface area contributed by atoms with Gasteiger partial charge in [-0.25, -0.2) is 9.97 Å². The van der Waals surface area contributed by atoms with Crippen molar-refractivity contribution in [3.8, 4) is 0 Å². The van der Waals surface area contributed by atoms with E-state index in [0.717, 1.165) is 16.6 Å². The molecular weight excluding hydrogens is 290 g/mol. The van der Waals surface area contributed by atoms with Crippen LogP contribution in [0, 0.1) is 5.41 Å². The molecule has 0 aliphatic carbocycles. The molecule has 8 heteroatoms. The summed E-state index contributed by atoms with van der Waals surface area (Å²) in [7, 11) is 0. The van der Waals surface area contributed by atoms with Crippen LogP contribution in [0.4, 0.5) is 0 Å². The Labute approximate surface area is 117 Å². The zero-order valence-corrected chi connectivity index (χ0v) is 11.9. The SMILES string of the molecule is CCc1nsc(Sc2nccc(C(=N)N)c2Cl)n1. The molecule has 18 heavy (non-hydrogen) atoms. The van der Waals surface area contributed by atoms with E-state index in [9.17, 15) is 0 Å². The first-order valence-electron chi connectivity index (χ1n) is 5.11. The standard InChI is InChI=1S/C10H10ClN5S2/c1-2-6-15-10(18-16-6)17-9-7(11)5(8(12)13)3-4-14-9/h3-4H,2H2,1H3,(H3,12,13). The minimum Gasteiger partial charge on any atom is -0.384 e. The Morgan fingerprint density at radius 3 is 3.00 bits per heavy atom. The molecule has 0 bridgehead atoms. The van der Waals surface area contributed by atoms with Crippen LogP contribution in [0.2, 0.25) is 5.02 Å². The lowest BCUT2D eigenvalue weighted by atomic mass is 10.2. The molecule has 0 saturated carbocycles. The van der Waals surface area contributed by atoms with Crippen LogP contribution >= 0.6 is 34.9 Å². The summed E-state index contributed by atoms with van der Waals surface area (Å²) in [5, 5.41) is 8.38. The van der Waals surface area contributed by atoms with E-state index in [1.165, 1.54) is 23.3 Å². The summed E-state index contributed by atoms with van der Waals surface area (Å²) in [4.78, 5) is 8.50. The Kier molecular flexibility index (Phi) is 4.15. The van der Waals surface area contributed by atoms with Gasteiger partial charge in [-0.15, -0.1) is 0 Å². The van der Waals surface area contributed by atoms with Gasteiger partial charge in [-0.3, -0.25) is 5.41 Å². The zero-order valence-electron chi connectivity index (χ0n) is 9.48. The summed E-state index contributed by atoms with van der Waals surface area (Å²) in [6, 6.07) is 1.62. The molecule has 0 aliphatic heterocycles. The first kappa shape index (κ1) is 13.3. The van der Waals surface area contributed by atoms with Crippen LogP contribution in [0.5, 0.6) is 0 Å². The van der Waals surface area contributed by atoms with E-state index < -0.39 is 0 Å². The summed E-state index contributed by atoms with van der Waals surface area (Å²) >= 11 is 8.79. The number of nitrogens with zero attached hydrogens (tertiary/aromatic N) is 3. The van der Waals surface area contributed by atoms with Crippen LogP contribution < -0.4 is 5.73 Å². The smallest absolute Gasteiger partial charge is 0.176 e. The van der Waals surface area contributed by atoms with Crippen LogP contribution in [0.25, 0.3) is 0 Å². The van der Waals surface area contributed by atoms with Gasteiger partial charge in [0.15, 0.2) is 4.34 Å². The molecule has 0 atom stereocenters. The molecule has 0 amide bonds. The summed E-state index contributed by atoms with van der Waals surface area (Å²) in [6.45, 7) is 2.00. The van der Waals surface area contributed by atoms with Crippen molar-refractivity contribution in [3.05, 3.63) is 28.7 Å². The van der Waals surface area contributed by atoms with Crippen LogP contribution in [0.3, 0.4) is 0 Å². The lowest BCUT2D eigenvalue weighted by Crippen LogP contribution is -2.12. The second-order valence-corrected chi connectivity index (χ2v) is 5.69. The van der Waals surface area contributed by atoms with Crippen molar-refractivity contribution < 1.29 is 0 Å². The van der Waals surface area contributed by atoms with E-state index in [-0.39, 0.29) is 5.84 Å². The van der Waals surface area contributed by atoms with E-state index in [1.54, 1.807) is 12.3 Å². The van der Waals surface area contributed by atoms with Crippen molar-refractivity contribution in [3.63, 3.8) is 0 Å². The second-order valence-electron chi connectivity index (χ2n) is 3.32. The normalized spacial score (nSPS) is 10.6. The number of nitrogen functional groups attached to an aromatic ring is 1. The molecule has 94 valence electrons. The highest BCUT2D eigenvalue weighted by Crippen LogP contribution is 2.33. The van der Waals surface area contributed by atoms with Gasteiger partial charge in [-0.2, -0.15) is 4.37 Å². The Morgan fingerprint density at radius 1 is 1.61 bits per heavy atom. The zero-order chi connectivity index (χ0) is 13.1. The number of nitrogens with one attached hydrogen (secondary N) is 1. The highest BCUT2D eigenvalue weighted by Gasteiger charge is 2.13. The van der Waals surface area contributed by atoms with Gasteiger partial charge in [-0.1, -0.05) is 18.5 Å². The van der Waals surface area contributed by atoms with Crippen LogP contribution in [-0.4, -0.2) is 20.2 Å². The number of nitrogens with two attached hydrogens (primary N) is 1. The van der Waals surface area contributed by atoms with E-state index in [2.05, 4.69) is 14.3 Å². The van der Waals surface area contributed by atoms with Gasteiger partial charge in [0.1, 0.15) is 16.7 Å². The van der Waals surface area contributed by atoms with Crippen LogP contribution in [0.1, 0.15) is 18.3 Å². The van der Waals surface area contributed by atoms with Crippen molar-refractivity contribution >= 4 is 40.7 Å². The number of pyridine rings is 1. The van der Waals surface area contributed by atoms with E-state index in [4.69, 9.17) is 22.7 Å². The number of hydrogen-bond donors (Lipinski definition) is 2. The topological polar surface area (TPSA) is 88.5 Å². The number of amidine groups is 1. The molecule has 0 unspecified atom stereocenters. The maximum atomic E-state index is 7.42. The molecule has 0 aromatic carbocycles. The molecule has 5 nitrogen and oxygen atoms in total. The van der Waals surface area contributed by atoms with Gasteiger partial charge >= 0.3 is 0 Å². The van der Waals surface area contributed by atoms with Gasteiger partial charge in [-0.05, 0) is 29.4 Å². The van der Waals surface area contributed by atoms with Crippen LogP contribution in [0.15, 0.2) is 21.6 Å². The summed E-state index contributed by atoms with van der Waals surface area (Å²) in [5.74, 6) is 0.733. The lowest BCUT2D eigenvalue weighted by molar-refractivity contribution is 0.970. The number of hydrogen-bond acceptors (Lipinski definition) is 6. The first-order valence-corrected chi connectivity index (χ1v) is 7.08. The van der Waals surface area contributed by atoms with Gasteiger partial charge in [0.2, 0.25) is 0 Å². The molecule has 2 aromatic rings. The summed E-state index contributed by atoms with van der Waals surface area (Å²) < 4.78 is 4.97. The highest BCUT2D eigenvalue weighted by atomic mass is 35.5. The Hall–Kier alpha value is -1.18. The van der Waals surface area contributed by atoms with E-state index in [0.29, 0.717) is 15.6 Å². The Morgan fingerprint density at radius 2 is 2.39 bits per heavy atom.